The molecule has 1 unspecified atom stereocenters. The van der Waals surface area contributed by atoms with Gasteiger partial charge in [0.25, 0.3) is 5.91 Å². The Labute approximate surface area is 153 Å². The maximum atomic E-state index is 12.2. The number of pyridine rings is 2. The van der Waals surface area contributed by atoms with E-state index in [4.69, 9.17) is 0 Å². The van der Waals surface area contributed by atoms with E-state index < -0.39 is 24.7 Å². The zero-order valence-electron chi connectivity index (χ0n) is 14.5. The lowest BCUT2D eigenvalue weighted by atomic mass is 10.1. The summed E-state index contributed by atoms with van der Waals surface area (Å²) >= 11 is 0. The molecule has 2 aromatic rings. The maximum absolute atomic E-state index is 12.2. The van der Waals surface area contributed by atoms with Gasteiger partial charge >= 0.3 is 6.18 Å². The monoisotopic (exact) mass is 382 g/mol. The molecule has 0 aliphatic heterocycles. The number of anilines is 1. The van der Waals surface area contributed by atoms with Gasteiger partial charge in [-0.25, -0.2) is 9.97 Å². The van der Waals surface area contributed by atoms with Crippen LogP contribution >= 0.6 is 0 Å². The zero-order chi connectivity index (χ0) is 20.0. The Morgan fingerprint density at radius 3 is 2.56 bits per heavy atom. The van der Waals surface area contributed by atoms with Crippen molar-refractivity contribution in [3.8, 4) is 5.75 Å². The van der Waals surface area contributed by atoms with Gasteiger partial charge in [-0.15, -0.1) is 0 Å². The number of nitrogens with one attached hydrogen (secondary N) is 2. The van der Waals surface area contributed by atoms with E-state index in [1.54, 1.807) is 19.1 Å². The van der Waals surface area contributed by atoms with Crippen LogP contribution in [0.3, 0.4) is 0 Å². The van der Waals surface area contributed by atoms with E-state index in [2.05, 4.69) is 25.3 Å². The number of alkyl halides is 3. The van der Waals surface area contributed by atoms with E-state index in [0.717, 1.165) is 6.20 Å². The number of amides is 2. The quantitative estimate of drug-likeness (QED) is 0.801. The van der Waals surface area contributed by atoms with E-state index in [-0.39, 0.29) is 17.4 Å². The number of carbonyl (C=O) groups excluding carboxylic acids is 2. The first-order valence-corrected chi connectivity index (χ1v) is 7.84. The van der Waals surface area contributed by atoms with Gasteiger partial charge in [0.2, 0.25) is 5.91 Å². The minimum atomic E-state index is -4.45. The van der Waals surface area contributed by atoms with E-state index >= 15 is 0 Å². The van der Waals surface area contributed by atoms with Crippen molar-refractivity contribution in [3.05, 3.63) is 47.9 Å². The number of carbonyl (C=O) groups is 2. The van der Waals surface area contributed by atoms with Crippen LogP contribution in [0.25, 0.3) is 0 Å². The molecule has 1 atom stereocenters. The average molecular weight is 382 g/mol. The summed E-state index contributed by atoms with van der Waals surface area (Å²) in [7, 11) is 0. The Bertz CT molecular complexity index is 810. The van der Waals surface area contributed by atoms with Gasteiger partial charge in [0.15, 0.2) is 6.61 Å². The van der Waals surface area contributed by atoms with Crippen molar-refractivity contribution in [3.63, 3.8) is 0 Å². The lowest BCUT2D eigenvalue weighted by Crippen LogP contribution is -2.27. The minimum absolute atomic E-state index is 0.0253. The van der Waals surface area contributed by atoms with Crippen LogP contribution in [0.2, 0.25) is 0 Å². The van der Waals surface area contributed by atoms with Crippen molar-refractivity contribution in [2.24, 2.45) is 0 Å². The highest BCUT2D eigenvalue weighted by atomic mass is 19.4. The minimum Gasteiger partial charge on any atom is -0.483 e. The summed E-state index contributed by atoms with van der Waals surface area (Å²) in [5.74, 6) is -0.521. The van der Waals surface area contributed by atoms with Gasteiger partial charge in [-0.1, -0.05) is 0 Å². The van der Waals surface area contributed by atoms with Gasteiger partial charge in [-0.05, 0) is 36.8 Å². The third kappa shape index (κ3) is 6.57. The van der Waals surface area contributed by atoms with Crippen LogP contribution in [0, 0.1) is 0 Å². The molecule has 2 rings (SSSR count). The fourth-order valence-corrected chi connectivity index (χ4v) is 2.08. The Balaban J connectivity index is 1.99. The van der Waals surface area contributed by atoms with E-state index in [1.165, 1.54) is 25.3 Å². The molecule has 0 saturated heterocycles. The summed E-state index contributed by atoms with van der Waals surface area (Å²) in [5.41, 5.74) is 0.726. The molecule has 2 amide bonds. The Kier molecular flexibility index (Phi) is 6.32. The van der Waals surface area contributed by atoms with Crippen molar-refractivity contribution in [2.45, 2.75) is 26.1 Å². The zero-order valence-corrected chi connectivity index (χ0v) is 14.5. The van der Waals surface area contributed by atoms with Crippen molar-refractivity contribution in [2.75, 3.05) is 11.9 Å². The number of halogens is 3. The van der Waals surface area contributed by atoms with Crippen LogP contribution in [0.5, 0.6) is 5.75 Å². The highest BCUT2D eigenvalue weighted by molar-refractivity contribution is 5.92. The molecule has 0 aliphatic rings. The van der Waals surface area contributed by atoms with Gasteiger partial charge in [0.05, 0.1) is 12.2 Å². The number of ether oxygens (including phenoxy) is 1. The fraction of sp³-hybridized carbons (Fsp3) is 0.294. The second kappa shape index (κ2) is 8.47. The molecule has 0 aromatic carbocycles. The predicted molar refractivity (Wildman–Crippen MR) is 90.2 cm³/mol. The predicted octanol–water partition coefficient (Wildman–Crippen LogP) is 2.87. The Morgan fingerprint density at radius 2 is 1.96 bits per heavy atom. The number of rotatable bonds is 6. The molecule has 0 spiro atoms. The molecule has 2 heterocycles. The number of nitrogens with zero attached hydrogens (tertiary/aromatic N) is 2. The third-order valence-electron chi connectivity index (χ3n) is 3.31. The summed E-state index contributed by atoms with van der Waals surface area (Å²) in [5, 5.41) is 5.25. The molecule has 2 aromatic heterocycles. The molecule has 7 nitrogen and oxygen atoms in total. The molecule has 144 valence electrons. The lowest BCUT2D eigenvalue weighted by molar-refractivity contribution is -0.153. The lowest BCUT2D eigenvalue weighted by Gasteiger charge is -2.15. The number of hydrogen-bond donors (Lipinski definition) is 2. The smallest absolute Gasteiger partial charge is 0.422 e. The normalized spacial score (nSPS) is 12.2. The van der Waals surface area contributed by atoms with Crippen LogP contribution in [-0.2, 0) is 4.79 Å². The first-order chi connectivity index (χ1) is 12.6. The summed E-state index contributed by atoms with van der Waals surface area (Å²) in [4.78, 5) is 31.1. The standard InChI is InChI=1S/C17H17F3N4O3/c1-10(12-5-6-21-15(7-12)24-11(2)25)23-16(26)14-4-3-13(8-22-14)27-9-17(18,19)20/h3-8,10H,9H2,1-2H3,(H,23,26)(H,21,24,25). The second-order valence-corrected chi connectivity index (χ2v) is 5.63. The van der Waals surface area contributed by atoms with E-state index in [9.17, 15) is 22.8 Å². The van der Waals surface area contributed by atoms with Crippen LogP contribution < -0.4 is 15.4 Å². The topological polar surface area (TPSA) is 93.2 Å². The molecule has 2 N–H and O–H groups in total. The number of aromatic nitrogens is 2. The van der Waals surface area contributed by atoms with Crippen molar-refractivity contribution < 1.29 is 27.5 Å². The van der Waals surface area contributed by atoms with Crippen LogP contribution in [-0.4, -0.2) is 34.6 Å². The van der Waals surface area contributed by atoms with Gasteiger partial charge in [-0.3, -0.25) is 9.59 Å². The summed E-state index contributed by atoms with van der Waals surface area (Å²) in [6.07, 6.45) is -1.91. The van der Waals surface area contributed by atoms with Crippen molar-refractivity contribution in [1.82, 2.24) is 15.3 Å². The van der Waals surface area contributed by atoms with Crippen LogP contribution in [0.1, 0.15) is 35.9 Å². The molecule has 10 heteroatoms. The highest BCUT2D eigenvalue weighted by Crippen LogP contribution is 2.19. The number of hydrogen-bond acceptors (Lipinski definition) is 5. The SMILES string of the molecule is CC(=O)Nc1cc(C(C)NC(=O)c2ccc(OCC(F)(F)F)cn2)ccn1. The molecule has 0 radical (unpaired) electrons. The molecule has 0 bridgehead atoms. The van der Waals surface area contributed by atoms with E-state index in [0.29, 0.717) is 11.4 Å². The van der Waals surface area contributed by atoms with Gasteiger partial charge in [0, 0.05) is 13.1 Å². The average Bonchev–Trinajstić information content (AvgIpc) is 2.59. The molecule has 27 heavy (non-hydrogen) atoms. The highest BCUT2D eigenvalue weighted by Gasteiger charge is 2.28. The largest absolute Gasteiger partial charge is 0.483 e. The van der Waals surface area contributed by atoms with Crippen LogP contribution in [0.15, 0.2) is 36.7 Å². The molecule has 0 saturated carbocycles. The van der Waals surface area contributed by atoms with Gasteiger partial charge in [0.1, 0.15) is 17.3 Å². The Hall–Kier alpha value is -3.17. The fourth-order valence-electron chi connectivity index (χ4n) is 2.08. The Morgan fingerprint density at radius 1 is 1.22 bits per heavy atom. The van der Waals surface area contributed by atoms with Gasteiger partial charge in [-0.2, -0.15) is 13.2 Å². The van der Waals surface area contributed by atoms with Gasteiger partial charge < -0.3 is 15.4 Å². The first kappa shape index (κ1) is 20.1. The molecular formula is C17H17F3N4O3. The summed E-state index contributed by atoms with van der Waals surface area (Å²) in [6.45, 7) is 1.65. The molecular weight excluding hydrogens is 365 g/mol. The second-order valence-electron chi connectivity index (χ2n) is 5.63. The van der Waals surface area contributed by atoms with E-state index in [1.807, 2.05) is 0 Å². The van der Waals surface area contributed by atoms with Crippen molar-refractivity contribution in [1.29, 1.82) is 0 Å². The first-order valence-electron chi connectivity index (χ1n) is 7.84. The summed E-state index contributed by atoms with van der Waals surface area (Å²) in [6, 6.07) is 5.38. The van der Waals surface area contributed by atoms with Crippen molar-refractivity contribution >= 4 is 17.6 Å². The molecule has 0 fully saturated rings. The molecule has 0 aliphatic carbocycles. The summed E-state index contributed by atoms with van der Waals surface area (Å²) < 4.78 is 40.9. The maximum Gasteiger partial charge on any atom is 0.422 e. The van der Waals surface area contributed by atoms with Crippen LogP contribution in [0.4, 0.5) is 19.0 Å². The third-order valence-corrected chi connectivity index (χ3v) is 3.31.